The molecule has 1 aromatic carbocycles. The number of nitrogens with zero attached hydrogens (tertiary/aromatic N) is 1. The Morgan fingerprint density at radius 1 is 1.14 bits per heavy atom. The van der Waals surface area contributed by atoms with Gasteiger partial charge in [-0.15, -0.1) is 0 Å². The lowest BCUT2D eigenvalue weighted by molar-refractivity contribution is -0.148. The number of ether oxygens (including phenoxy) is 2. The summed E-state index contributed by atoms with van der Waals surface area (Å²) in [6, 6.07) is 5.20. The normalized spacial score (nSPS) is 17.0. The van der Waals surface area contributed by atoms with Gasteiger partial charge in [-0.3, -0.25) is 9.59 Å². The second-order valence-corrected chi connectivity index (χ2v) is 5.46. The minimum atomic E-state index is -0.995. The van der Waals surface area contributed by atoms with Gasteiger partial charge in [0.1, 0.15) is 0 Å². The maximum absolute atomic E-state index is 11.9. The monoisotopic (exact) mass is 307 g/mol. The van der Waals surface area contributed by atoms with Gasteiger partial charge in [-0.2, -0.15) is 0 Å². The predicted molar refractivity (Wildman–Crippen MR) is 80.3 cm³/mol. The first-order valence-corrected chi connectivity index (χ1v) is 7.16. The highest BCUT2D eigenvalue weighted by Gasteiger charge is 2.44. The second-order valence-electron chi connectivity index (χ2n) is 5.46. The number of amides is 1. The Balaban J connectivity index is 2.37. The van der Waals surface area contributed by atoms with Crippen LogP contribution in [0, 0.1) is 0 Å². The van der Waals surface area contributed by atoms with E-state index < -0.39 is 11.4 Å². The fourth-order valence-electron chi connectivity index (χ4n) is 2.96. The average molecular weight is 307 g/mol. The smallest absolute Gasteiger partial charge is 0.314 e. The predicted octanol–water partition coefficient (Wildman–Crippen LogP) is 1.67. The Hall–Kier alpha value is -2.24. The summed E-state index contributed by atoms with van der Waals surface area (Å²) in [4.78, 5) is 25.1. The Kier molecular flexibility index (Phi) is 4.59. The summed E-state index contributed by atoms with van der Waals surface area (Å²) >= 11 is 0. The van der Waals surface area contributed by atoms with Gasteiger partial charge >= 0.3 is 5.97 Å². The van der Waals surface area contributed by atoms with E-state index in [4.69, 9.17) is 9.47 Å². The Labute approximate surface area is 129 Å². The maximum Gasteiger partial charge on any atom is 0.314 e. The van der Waals surface area contributed by atoms with Gasteiger partial charge in [0.2, 0.25) is 5.91 Å². The first-order chi connectivity index (χ1) is 10.4. The number of benzene rings is 1. The lowest BCUT2D eigenvalue weighted by Gasteiger charge is -2.39. The summed E-state index contributed by atoms with van der Waals surface area (Å²) in [6.45, 7) is 2.39. The van der Waals surface area contributed by atoms with Crippen molar-refractivity contribution >= 4 is 11.9 Å². The first kappa shape index (κ1) is 16.1. The van der Waals surface area contributed by atoms with E-state index in [0.29, 0.717) is 43.0 Å². The molecular weight excluding hydrogens is 286 g/mol. The summed E-state index contributed by atoms with van der Waals surface area (Å²) in [7, 11) is 3.06. The molecular formula is C16H21NO5. The molecule has 6 heteroatoms. The standard InChI is InChI=1S/C16H21NO5/c1-11(18)17-8-6-16(7-9-17,15(19)20)12-4-5-13(21-2)14(10-12)22-3/h4-5,10H,6-9H2,1-3H3,(H,19,20). The number of aliphatic carboxylic acids is 1. The summed E-state index contributed by atoms with van der Waals surface area (Å²) in [5.41, 5.74) is -0.313. The fraction of sp³-hybridized carbons (Fsp3) is 0.500. The van der Waals surface area contributed by atoms with Crippen molar-refractivity contribution in [3.05, 3.63) is 23.8 Å². The quantitative estimate of drug-likeness (QED) is 0.915. The lowest BCUT2D eigenvalue weighted by atomic mass is 9.72. The molecule has 1 aliphatic heterocycles. The van der Waals surface area contributed by atoms with Crippen molar-refractivity contribution in [3.63, 3.8) is 0 Å². The zero-order valence-corrected chi connectivity index (χ0v) is 13.1. The van der Waals surface area contributed by atoms with Crippen LogP contribution in [-0.2, 0) is 15.0 Å². The molecule has 120 valence electrons. The van der Waals surface area contributed by atoms with Gasteiger partial charge < -0.3 is 19.5 Å². The van der Waals surface area contributed by atoms with Crippen LogP contribution in [0.1, 0.15) is 25.3 Å². The zero-order valence-electron chi connectivity index (χ0n) is 13.1. The molecule has 0 radical (unpaired) electrons. The van der Waals surface area contributed by atoms with Crippen LogP contribution in [0.15, 0.2) is 18.2 Å². The maximum atomic E-state index is 11.9. The van der Waals surface area contributed by atoms with Gasteiger partial charge in [0, 0.05) is 20.0 Å². The topological polar surface area (TPSA) is 76.1 Å². The van der Waals surface area contributed by atoms with Crippen molar-refractivity contribution in [2.24, 2.45) is 0 Å². The van der Waals surface area contributed by atoms with E-state index in [9.17, 15) is 14.7 Å². The molecule has 1 N–H and O–H groups in total. The van der Waals surface area contributed by atoms with E-state index in [1.54, 1.807) is 23.1 Å². The lowest BCUT2D eigenvalue weighted by Crippen LogP contribution is -2.48. The molecule has 0 bridgehead atoms. The molecule has 0 saturated carbocycles. The highest BCUT2D eigenvalue weighted by molar-refractivity contribution is 5.82. The molecule has 1 fully saturated rings. The van der Waals surface area contributed by atoms with Crippen LogP contribution in [0.4, 0.5) is 0 Å². The van der Waals surface area contributed by atoms with E-state index in [0.717, 1.165) is 0 Å². The van der Waals surface area contributed by atoms with Gasteiger partial charge in [0.15, 0.2) is 11.5 Å². The summed E-state index contributed by atoms with van der Waals surface area (Å²) < 4.78 is 10.5. The molecule has 0 aromatic heterocycles. The average Bonchev–Trinajstić information content (AvgIpc) is 2.53. The molecule has 1 aromatic rings. The third kappa shape index (κ3) is 2.73. The van der Waals surface area contributed by atoms with Gasteiger partial charge in [0.05, 0.1) is 19.6 Å². The molecule has 22 heavy (non-hydrogen) atoms. The van der Waals surface area contributed by atoms with Crippen molar-refractivity contribution in [1.29, 1.82) is 0 Å². The molecule has 0 spiro atoms. The van der Waals surface area contributed by atoms with E-state index in [1.165, 1.54) is 21.1 Å². The van der Waals surface area contributed by atoms with Crippen molar-refractivity contribution in [3.8, 4) is 11.5 Å². The minimum absolute atomic E-state index is 0.0219. The van der Waals surface area contributed by atoms with Crippen molar-refractivity contribution in [2.45, 2.75) is 25.2 Å². The van der Waals surface area contributed by atoms with Gasteiger partial charge in [-0.1, -0.05) is 6.07 Å². The SMILES string of the molecule is COc1ccc(C2(C(=O)O)CCN(C(C)=O)CC2)cc1OC. The Morgan fingerprint density at radius 2 is 1.73 bits per heavy atom. The highest BCUT2D eigenvalue weighted by Crippen LogP contribution is 2.39. The molecule has 0 aliphatic carbocycles. The van der Waals surface area contributed by atoms with Crippen LogP contribution < -0.4 is 9.47 Å². The van der Waals surface area contributed by atoms with Crippen LogP contribution in [0.3, 0.4) is 0 Å². The third-order valence-electron chi connectivity index (χ3n) is 4.41. The molecule has 2 rings (SSSR count). The van der Waals surface area contributed by atoms with Crippen LogP contribution in [0.2, 0.25) is 0 Å². The van der Waals surface area contributed by atoms with E-state index in [2.05, 4.69) is 0 Å². The van der Waals surface area contributed by atoms with E-state index >= 15 is 0 Å². The molecule has 1 saturated heterocycles. The largest absolute Gasteiger partial charge is 0.493 e. The van der Waals surface area contributed by atoms with Crippen LogP contribution in [0.25, 0.3) is 0 Å². The molecule has 1 heterocycles. The Morgan fingerprint density at radius 3 is 2.18 bits per heavy atom. The number of carboxylic acids is 1. The van der Waals surface area contributed by atoms with Crippen molar-refractivity contribution in [1.82, 2.24) is 4.90 Å². The Bertz CT molecular complexity index is 576. The number of rotatable bonds is 4. The summed E-state index contributed by atoms with van der Waals surface area (Å²) in [6.07, 6.45) is 0.773. The van der Waals surface area contributed by atoms with Crippen LogP contribution in [-0.4, -0.2) is 49.2 Å². The van der Waals surface area contributed by atoms with Crippen LogP contribution in [0.5, 0.6) is 11.5 Å². The van der Waals surface area contributed by atoms with Crippen molar-refractivity contribution in [2.75, 3.05) is 27.3 Å². The first-order valence-electron chi connectivity index (χ1n) is 7.16. The number of hydrogen-bond donors (Lipinski definition) is 1. The molecule has 6 nitrogen and oxygen atoms in total. The number of hydrogen-bond acceptors (Lipinski definition) is 4. The number of carboxylic acid groups (broad SMARTS) is 1. The van der Waals surface area contributed by atoms with E-state index in [1.807, 2.05) is 0 Å². The van der Waals surface area contributed by atoms with Gasteiger partial charge in [-0.05, 0) is 30.5 Å². The summed E-state index contributed by atoms with van der Waals surface area (Å²) in [5.74, 6) is 0.178. The molecule has 1 aliphatic rings. The van der Waals surface area contributed by atoms with Crippen LogP contribution >= 0.6 is 0 Å². The number of piperidine rings is 1. The minimum Gasteiger partial charge on any atom is -0.493 e. The van der Waals surface area contributed by atoms with Gasteiger partial charge in [0.25, 0.3) is 0 Å². The molecule has 0 unspecified atom stereocenters. The number of likely N-dealkylation sites (tertiary alicyclic amines) is 1. The number of methoxy groups -OCH3 is 2. The van der Waals surface area contributed by atoms with Gasteiger partial charge in [-0.25, -0.2) is 0 Å². The zero-order chi connectivity index (χ0) is 16.3. The number of carbonyl (C=O) groups excluding carboxylic acids is 1. The fourth-order valence-corrected chi connectivity index (χ4v) is 2.96. The van der Waals surface area contributed by atoms with Crippen molar-refractivity contribution < 1.29 is 24.2 Å². The second kappa shape index (κ2) is 6.25. The molecule has 0 atom stereocenters. The van der Waals surface area contributed by atoms with E-state index in [-0.39, 0.29) is 5.91 Å². The number of carbonyl (C=O) groups is 2. The highest BCUT2D eigenvalue weighted by atomic mass is 16.5. The summed E-state index contributed by atoms with van der Waals surface area (Å²) in [5, 5.41) is 9.78. The third-order valence-corrected chi connectivity index (χ3v) is 4.41. The molecule has 1 amide bonds.